The normalized spacial score (nSPS) is 11.6. The maximum Gasteiger partial charge on any atom is 0.271 e. The van der Waals surface area contributed by atoms with Crippen molar-refractivity contribution in [2.75, 3.05) is 6.61 Å². The summed E-state index contributed by atoms with van der Waals surface area (Å²) in [5, 5.41) is 7.57. The molecule has 0 fully saturated rings. The van der Waals surface area contributed by atoms with E-state index in [1.807, 2.05) is 38.1 Å². The number of rotatable bonds is 8. The summed E-state index contributed by atoms with van der Waals surface area (Å²) >= 11 is 6.06. The van der Waals surface area contributed by atoms with Crippen LogP contribution >= 0.6 is 11.6 Å². The molecule has 0 aliphatic carbocycles. The van der Waals surface area contributed by atoms with Gasteiger partial charge in [-0.25, -0.2) is 0 Å². The van der Waals surface area contributed by atoms with Gasteiger partial charge < -0.3 is 14.8 Å². The Bertz CT molecular complexity index is 1130. The van der Waals surface area contributed by atoms with Crippen molar-refractivity contribution in [1.29, 1.82) is 0 Å². The van der Waals surface area contributed by atoms with E-state index in [0.29, 0.717) is 23.9 Å². The van der Waals surface area contributed by atoms with Gasteiger partial charge in [0.15, 0.2) is 6.10 Å². The lowest BCUT2D eigenvalue weighted by Crippen LogP contribution is -2.36. The van der Waals surface area contributed by atoms with Crippen LogP contribution in [-0.4, -0.2) is 28.4 Å². The fourth-order valence-electron chi connectivity index (χ4n) is 2.95. The number of hydrogen-bond donors (Lipinski definition) is 1. The van der Waals surface area contributed by atoms with Gasteiger partial charge >= 0.3 is 0 Å². The minimum Gasteiger partial charge on any atom is -0.494 e. The third-order valence-corrected chi connectivity index (χ3v) is 4.80. The van der Waals surface area contributed by atoms with Crippen molar-refractivity contribution in [2.24, 2.45) is 0 Å². The Kier molecular flexibility index (Phi) is 7.31. The molecule has 0 radical (unpaired) electrons. The largest absolute Gasteiger partial charge is 0.494 e. The molecule has 1 N–H and O–H groups in total. The molecule has 0 aliphatic heterocycles. The molecule has 162 valence electrons. The maximum absolute atomic E-state index is 12.5. The Morgan fingerprint density at radius 1 is 1.19 bits per heavy atom. The second-order valence-corrected chi connectivity index (χ2v) is 7.31. The van der Waals surface area contributed by atoms with Gasteiger partial charge in [-0.1, -0.05) is 35.9 Å². The van der Waals surface area contributed by atoms with Gasteiger partial charge in [0.25, 0.3) is 11.5 Å². The van der Waals surface area contributed by atoms with Crippen LogP contribution in [-0.2, 0) is 11.3 Å². The molecule has 2 aromatic carbocycles. The van der Waals surface area contributed by atoms with Crippen molar-refractivity contribution in [1.82, 2.24) is 15.1 Å². The highest BCUT2D eigenvalue weighted by molar-refractivity contribution is 6.30. The molecule has 0 spiro atoms. The van der Waals surface area contributed by atoms with Gasteiger partial charge in [0.1, 0.15) is 5.75 Å². The summed E-state index contributed by atoms with van der Waals surface area (Å²) in [6.07, 6.45) is -0.821. The van der Waals surface area contributed by atoms with Crippen LogP contribution in [0.15, 0.2) is 59.4 Å². The molecule has 0 saturated carbocycles. The van der Waals surface area contributed by atoms with E-state index < -0.39 is 6.10 Å². The van der Waals surface area contributed by atoms with E-state index in [1.54, 1.807) is 25.1 Å². The predicted octanol–water partition coefficient (Wildman–Crippen LogP) is 3.68. The zero-order valence-electron chi connectivity index (χ0n) is 17.6. The fourth-order valence-corrected chi connectivity index (χ4v) is 3.11. The minimum atomic E-state index is -0.821. The molecule has 31 heavy (non-hydrogen) atoms. The second-order valence-electron chi connectivity index (χ2n) is 6.87. The Hall–Kier alpha value is -3.32. The molecule has 0 saturated heterocycles. The van der Waals surface area contributed by atoms with Gasteiger partial charge in [0, 0.05) is 29.3 Å². The summed E-state index contributed by atoms with van der Waals surface area (Å²) in [5.41, 5.74) is 1.91. The topological polar surface area (TPSA) is 82.5 Å². The van der Waals surface area contributed by atoms with Crippen LogP contribution in [0.4, 0.5) is 0 Å². The Morgan fingerprint density at radius 3 is 2.74 bits per heavy atom. The Labute approximate surface area is 185 Å². The van der Waals surface area contributed by atoms with Crippen molar-refractivity contribution in [3.05, 3.63) is 81.1 Å². The van der Waals surface area contributed by atoms with E-state index in [4.69, 9.17) is 21.1 Å². The number of nitrogens with zero attached hydrogens (tertiary/aromatic N) is 2. The van der Waals surface area contributed by atoms with E-state index in [0.717, 1.165) is 16.9 Å². The van der Waals surface area contributed by atoms with E-state index >= 15 is 0 Å². The molecular formula is C23H24ClN3O4. The van der Waals surface area contributed by atoms with Gasteiger partial charge in [0.05, 0.1) is 12.3 Å². The van der Waals surface area contributed by atoms with Crippen LogP contribution in [0.25, 0.3) is 5.69 Å². The number of aryl methyl sites for hydroxylation is 1. The fraction of sp³-hybridized carbons (Fsp3) is 0.261. The number of carbonyl (C=O) groups is 1. The van der Waals surface area contributed by atoms with E-state index in [9.17, 15) is 9.59 Å². The number of carbonyl (C=O) groups excluding carboxylic acids is 1. The van der Waals surface area contributed by atoms with Crippen molar-refractivity contribution in [3.63, 3.8) is 0 Å². The van der Waals surface area contributed by atoms with Gasteiger partial charge in [-0.05, 0) is 44.5 Å². The van der Waals surface area contributed by atoms with Crippen molar-refractivity contribution in [3.8, 4) is 17.3 Å². The Morgan fingerprint density at radius 2 is 1.97 bits per heavy atom. The molecule has 0 bridgehead atoms. The van der Waals surface area contributed by atoms with Crippen LogP contribution in [0.1, 0.15) is 25.0 Å². The molecule has 1 aromatic heterocycles. The molecule has 1 heterocycles. The van der Waals surface area contributed by atoms with Gasteiger partial charge in [0.2, 0.25) is 5.88 Å². The summed E-state index contributed by atoms with van der Waals surface area (Å²) in [6.45, 7) is 6.22. The number of aromatic nitrogens is 2. The quantitative estimate of drug-likeness (QED) is 0.576. The molecule has 1 atom stereocenters. The van der Waals surface area contributed by atoms with Gasteiger partial charge in [-0.2, -0.15) is 4.68 Å². The van der Waals surface area contributed by atoms with E-state index in [2.05, 4.69) is 10.4 Å². The first-order valence-electron chi connectivity index (χ1n) is 9.91. The molecule has 8 heteroatoms. The zero-order chi connectivity index (χ0) is 22.4. The van der Waals surface area contributed by atoms with Crippen LogP contribution < -0.4 is 20.3 Å². The number of nitrogens with one attached hydrogen (secondary N) is 1. The first-order valence-corrected chi connectivity index (χ1v) is 10.3. The number of amides is 1. The SMILES string of the molecule is CCOc1ccccc1CNC(=O)[C@H](C)Oc1ccc(=O)n(-c2cc(Cl)ccc2C)n1. The van der Waals surface area contributed by atoms with Crippen LogP contribution in [0.3, 0.4) is 0 Å². The number of para-hydroxylation sites is 1. The molecule has 1 amide bonds. The number of ether oxygens (including phenoxy) is 2. The average molecular weight is 442 g/mol. The highest BCUT2D eigenvalue weighted by atomic mass is 35.5. The highest BCUT2D eigenvalue weighted by Gasteiger charge is 2.17. The molecule has 3 rings (SSSR count). The van der Waals surface area contributed by atoms with Crippen molar-refractivity contribution >= 4 is 17.5 Å². The lowest BCUT2D eigenvalue weighted by molar-refractivity contribution is -0.127. The maximum atomic E-state index is 12.5. The second kappa shape index (κ2) is 10.1. The summed E-state index contributed by atoms with van der Waals surface area (Å²) in [6, 6.07) is 15.5. The lowest BCUT2D eigenvalue weighted by Gasteiger charge is -2.16. The zero-order valence-corrected chi connectivity index (χ0v) is 18.3. The first-order chi connectivity index (χ1) is 14.9. The smallest absolute Gasteiger partial charge is 0.271 e. The third-order valence-electron chi connectivity index (χ3n) is 4.57. The predicted molar refractivity (Wildman–Crippen MR) is 119 cm³/mol. The lowest BCUT2D eigenvalue weighted by atomic mass is 10.2. The van der Waals surface area contributed by atoms with Crippen molar-refractivity contribution < 1.29 is 14.3 Å². The third kappa shape index (κ3) is 5.64. The number of hydrogen-bond acceptors (Lipinski definition) is 5. The molecule has 7 nitrogen and oxygen atoms in total. The van der Waals surface area contributed by atoms with E-state index in [-0.39, 0.29) is 17.3 Å². The van der Waals surface area contributed by atoms with Gasteiger partial charge in [-0.15, -0.1) is 5.10 Å². The Balaban J connectivity index is 1.70. The number of benzene rings is 2. The van der Waals surface area contributed by atoms with Crippen molar-refractivity contribution in [2.45, 2.75) is 33.4 Å². The number of halogens is 1. The highest BCUT2D eigenvalue weighted by Crippen LogP contribution is 2.19. The minimum absolute atomic E-state index is 0.149. The molecule has 0 unspecified atom stereocenters. The van der Waals surface area contributed by atoms with Crippen LogP contribution in [0.2, 0.25) is 5.02 Å². The molecule has 0 aliphatic rings. The summed E-state index contributed by atoms with van der Waals surface area (Å²) in [4.78, 5) is 24.8. The summed E-state index contributed by atoms with van der Waals surface area (Å²) < 4.78 is 12.5. The summed E-state index contributed by atoms with van der Waals surface area (Å²) in [5.74, 6) is 0.561. The summed E-state index contributed by atoms with van der Waals surface area (Å²) in [7, 11) is 0. The van der Waals surface area contributed by atoms with Gasteiger partial charge in [-0.3, -0.25) is 9.59 Å². The standard InChI is InChI=1S/C23H24ClN3O4/c1-4-30-20-8-6-5-7-17(20)14-25-23(29)16(3)31-21-11-12-22(28)27(26-21)19-13-18(24)10-9-15(19)2/h5-13,16H,4,14H2,1-3H3,(H,25,29)/t16-/m0/s1. The monoisotopic (exact) mass is 441 g/mol. The van der Waals surface area contributed by atoms with Crippen LogP contribution in [0.5, 0.6) is 11.6 Å². The first kappa shape index (κ1) is 22.4. The average Bonchev–Trinajstić information content (AvgIpc) is 2.76. The van der Waals surface area contributed by atoms with Crippen LogP contribution in [0, 0.1) is 6.92 Å². The molecule has 3 aromatic rings. The molecular weight excluding hydrogens is 418 g/mol. The van der Waals surface area contributed by atoms with E-state index in [1.165, 1.54) is 16.8 Å².